The third-order valence-corrected chi connectivity index (χ3v) is 3.28. The molecule has 0 aliphatic carbocycles. The first-order valence-electron chi connectivity index (χ1n) is 7.48. The van der Waals surface area contributed by atoms with E-state index < -0.39 is 29.9 Å². The second-order valence-electron chi connectivity index (χ2n) is 5.28. The van der Waals surface area contributed by atoms with E-state index in [1.165, 1.54) is 12.3 Å². The van der Waals surface area contributed by atoms with Crippen LogP contribution in [-0.2, 0) is 17.4 Å². The summed E-state index contributed by atoms with van der Waals surface area (Å²) in [6, 6.07) is 11.1. The zero-order chi connectivity index (χ0) is 19.2. The van der Waals surface area contributed by atoms with E-state index in [4.69, 9.17) is 5.41 Å². The summed E-state index contributed by atoms with van der Waals surface area (Å²) < 4.78 is 51.8. The average Bonchev–Trinajstić information content (AvgIpc) is 2.56. The fraction of sp³-hybridized carbons (Fsp3) is 0.111. The van der Waals surface area contributed by atoms with Crippen LogP contribution in [0.15, 0.2) is 60.8 Å². The summed E-state index contributed by atoms with van der Waals surface area (Å²) in [6.45, 7) is 0. The molecule has 0 spiro atoms. The van der Waals surface area contributed by atoms with Gasteiger partial charge in [0.1, 0.15) is 11.7 Å². The summed E-state index contributed by atoms with van der Waals surface area (Å²) in [6.07, 6.45) is -2.74. The Labute approximate surface area is 147 Å². The van der Waals surface area contributed by atoms with Gasteiger partial charge in [-0.1, -0.05) is 24.3 Å². The van der Waals surface area contributed by atoms with Gasteiger partial charge >= 0.3 is 6.18 Å². The summed E-state index contributed by atoms with van der Waals surface area (Å²) in [4.78, 5) is 11.9. The molecule has 0 saturated heterocycles. The van der Waals surface area contributed by atoms with Gasteiger partial charge in [-0.3, -0.25) is 10.2 Å². The van der Waals surface area contributed by atoms with Gasteiger partial charge in [0.05, 0.1) is 12.0 Å². The van der Waals surface area contributed by atoms with E-state index >= 15 is 0 Å². The number of rotatable bonds is 5. The Kier molecular flexibility index (Phi) is 6.11. The Morgan fingerprint density at radius 2 is 1.81 bits per heavy atom. The highest BCUT2D eigenvalue weighted by Crippen LogP contribution is 2.32. The molecule has 0 saturated carbocycles. The monoisotopic (exact) mass is 365 g/mol. The van der Waals surface area contributed by atoms with Crippen molar-refractivity contribution < 1.29 is 22.4 Å². The Bertz CT molecular complexity index is 817. The maximum atomic E-state index is 13.1. The molecule has 0 unspecified atom stereocenters. The van der Waals surface area contributed by atoms with Crippen LogP contribution in [0.4, 0.5) is 23.2 Å². The fourth-order valence-electron chi connectivity index (χ4n) is 2.13. The molecule has 2 aromatic carbocycles. The van der Waals surface area contributed by atoms with Crippen LogP contribution in [-0.4, -0.2) is 11.7 Å². The molecule has 0 bridgehead atoms. The molecule has 26 heavy (non-hydrogen) atoms. The molecular formula is C18H15F4N3O. The van der Waals surface area contributed by atoms with E-state index in [0.717, 1.165) is 17.8 Å². The topological polar surface area (TPSA) is 65.0 Å². The van der Waals surface area contributed by atoms with Crippen LogP contribution in [0.5, 0.6) is 0 Å². The molecule has 3 N–H and O–H groups in total. The third-order valence-electron chi connectivity index (χ3n) is 3.28. The van der Waals surface area contributed by atoms with Crippen molar-refractivity contribution in [1.29, 1.82) is 5.41 Å². The molecule has 2 aromatic rings. The number of carbonyl (C=O) groups is 1. The number of para-hydroxylation sites is 1. The number of hydrogen-bond donors (Lipinski definition) is 3. The van der Waals surface area contributed by atoms with E-state index in [9.17, 15) is 22.4 Å². The highest BCUT2D eigenvalue weighted by Gasteiger charge is 2.34. The highest BCUT2D eigenvalue weighted by molar-refractivity contribution is 6.03. The molecule has 0 heterocycles. The first-order chi connectivity index (χ1) is 12.3. The van der Waals surface area contributed by atoms with Crippen LogP contribution in [0, 0.1) is 11.2 Å². The number of benzene rings is 2. The lowest BCUT2D eigenvalue weighted by molar-refractivity contribution is -0.138. The molecule has 2 rings (SSSR count). The number of carbonyl (C=O) groups excluding carboxylic acids is 1. The van der Waals surface area contributed by atoms with E-state index in [1.54, 1.807) is 12.1 Å². The Balaban J connectivity index is 1.95. The van der Waals surface area contributed by atoms with Crippen LogP contribution in [0.3, 0.4) is 0 Å². The van der Waals surface area contributed by atoms with E-state index in [1.807, 2.05) is 18.2 Å². The third kappa shape index (κ3) is 5.73. The molecule has 0 radical (unpaired) electrons. The number of nitrogens with one attached hydrogen (secondary N) is 3. The van der Waals surface area contributed by atoms with Crippen molar-refractivity contribution in [2.24, 2.45) is 0 Å². The van der Waals surface area contributed by atoms with Gasteiger partial charge in [-0.2, -0.15) is 13.2 Å². The second kappa shape index (κ2) is 8.28. The van der Waals surface area contributed by atoms with E-state index in [2.05, 4.69) is 10.6 Å². The Morgan fingerprint density at radius 1 is 1.12 bits per heavy atom. The number of alkyl halides is 3. The van der Waals surface area contributed by atoms with Crippen LogP contribution in [0.25, 0.3) is 0 Å². The number of amidine groups is 1. The number of hydrogen-bond acceptors (Lipinski definition) is 3. The minimum absolute atomic E-state index is 0.297. The quantitative estimate of drug-likeness (QED) is 0.424. The van der Waals surface area contributed by atoms with E-state index in [0.29, 0.717) is 6.07 Å². The van der Waals surface area contributed by atoms with Crippen molar-refractivity contribution in [1.82, 2.24) is 5.32 Å². The molecule has 4 nitrogen and oxygen atoms in total. The number of amides is 1. The van der Waals surface area contributed by atoms with Gasteiger partial charge in [0.25, 0.3) is 0 Å². The van der Waals surface area contributed by atoms with Gasteiger partial charge in [0.2, 0.25) is 5.91 Å². The normalized spacial score (nSPS) is 11.4. The molecule has 0 aliphatic heterocycles. The van der Waals surface area contributed by atoms with Crippen LogP contribution in [0.1, 0.15) is 11.1 Å². The molecular weight excluding hydrogens is 350 g/mol. The molecule has 136 valence electrons. The number of anilines is 1. The predicted octanol–water partition coefficient (Wildman–Crippen LogP) is 4.11. The van der Waals surface area contributed by atoms with Crippen LogP contribution in [0.2, 0.25) is 0 Å². The SMILES string of the molecule is N=C(/C=C\Nc1ccccc1)NC(=O)Cc1ccc(F)cc1C(F)(F)F. The fourth-order valence-corrected chi connectivity index (χ4v) is 2.13. The van der Waals surface area contributed by atoms with Crippen LogP contribution >= 0.6 is 0 Å². The first kappa shape index (κ1) is 19.2. The van der Waals surface area contributed by atoms with Gasteiger partial charge < -0.3 is 10.6 Å². The second-order valence-corrected chi connectivity index (χ2v) is 5.28. The minimum atomic E-state index is -4.77. The lowest BCUT2D eigenvalue weighted by Crippen LogP contribution is -2.30. The van der Waals surface area contributed by atoms with Crippen molar-refractivity contribution in [3.05, 3.63) is 77.8 Å². The summed E-state index contributed by atoms with van der Waals surface area (Å²) in [7, 11) is 0. The van der Waals surface area contributed by atoms with Crippen LogP contribution < -0.4 is 10.6 Å². The van der Waals surface area contributed by atoms with Gasteiger partial charge in [-0.15, -0.1) is 0 Å². The molecule has 1 amide bonds. The van der Waals surface area contributed by atoms with Gasteiger partial charge in [-0.05, 0) is 35.9 Å². The summed E-state index contributed by atoms with van der Waals surface area (Å²) in [5.41, 5.74) is -0.805. The zero-order valence-electron chi connectivity index (χ0n) is 13.4. The number of halogens is 4. The molecule has 0 fully saturated rings. The lowest BCUT2D eigenvalue weighted by atomic mass is 10.0. The average molecular weight is 365 g/mol. The smallest absolute Gasteiger partial charge is 0.362 e. The largest absolute Gasteiger partial charge is 0.416 e. The van der Waals surface area contributed by atoms with Crippen molar-refractivity contribution in [3.63, 3.8) is 0 Å². The Morgan fingerprint density at radius 3 is 2.46 bits per heavy atom. The summed E-state index contributed by atoms with van der Waals surface area (Å²) in [5, 5.41) is 12.7. The lowest BCUT2D eigenvalue weighted by Gasteiger charge is -2.12. The molecule has 0 atom stereocenters. The van der Waals surface area contributed by atoms with Gasteiger partial charge in [0, 0.05) is 11.9 Å². The maximum Gasteiger partial charge on any atom is 0.416 e. The van der Waals surface area contributed by atoms with Crippen molar-refractivity contribution >= 4 is 17.4 Å². The Hall–Kier alpha value is -3.16. The minimum Gasteiger partial charge on any atom is -0.362 e. The molecule has 0 aliphatic rings. The van der Waals surface area contributed by atoms with Crippen molar-refractivity contribution in [3.8, 4) is 0 Å². The van der Waals surface area contributed by atoms with Crippen molar-refractivity contribution in [2.75, 3.05) is 5.32 Å². The molecule has 0 aromatic heterocycles. The van der Waals surface area contributed by atoms with Gasteiger partial charge in [-0.25, -0.2) is 4.39 Å². The van der Waals surface area contributed by atoms with Crippen molar-refractivity contribution in [2.45, 2.75) is 12.6 Å². The first-order valence-corrected chi connectivity index (χ1v) is 7.48. The predicted molar refractivity (Wildman–Crippen MR) is 90.2 cm³/mol. The zero-order valence-corrected chi connectivity index (χ0v) is 13.4. The summed E-state index contributed by atoms with van der Waals surface area (Å²) >= 11 is 0. The molecule has 8 heteroatoms. The maximum absolute atomic E-state index is 13.1. The highest BCUT2D eigenvalue weighted by atomic mass is 19.4. The summed E-state index contributed by atoms with van der Waals surface area (Å²) in [5.74, 6) is -2.14. The standard InChI is InChI=1S/C18H15F4N3O/c19-13-7-6-12(15(11-13)18(20,21)22)10-17(26)25-16(23)8-9-24-14-4-2-1-3-5-14/h1-9,11,24H,10H2,(H2,23,25,26)/b9-8-. The van der Waals surface area contributed by atoms with E-state index in [-0.39, 0.29) is 11.4 Å². The van der Waals surface area contributed by atoms with Gasteiger partial charge in [0.15, 0.2) is 0 Å².